The zero-order valence-electron chi connectivity index (χ0n) is 18.4. The number of imidazole rings is 1. The second-order valence-corrected chi connectivity index (χ2v) is 11.4. The molecule has 0 saturated carbocycles. The fraction of sp³-hybridized carbons (Fsp3) is 0.609. The summed E-state index contributed by atoms with van der Waals surface area (Å²) in [5.41, 5.74) is 2.80. The molecule has 7 nitrogen and oxygen atoms in total. The normalized spacial score (nSPS) is 30.0. The first-order chi connectivity index (χ1) is 14.9. The molecular weight excluding hydrogens is 410 g/mol. The van der Waals surface area contributed by atoms with Crippen LogP contribution in [0.2, 0.25) is 0 Å². The second-order valence-electron chi connectivity index (χ2n) is 9.47. The van der Waals surface area contributed by atoms with E-state index in [1.807, 2.05) is 0 Å². The van der Waals surface area contributed by atoms with Crippen molar-refractivity contribution in [2.45, 2.75) is 55.3 Å². The Morgan fingerprint density at radius 2 is 1.94 bits per heavy atom. The molecule has 3 aliphatic rings. The number of nitrogens with one attached hydrogen (secondary N) is 1. The van der Waals surface area contributed by atoms with Crippen LogP contribution in [-0.4, -0.2) is 65.9 Å². The molecule has 1 aromatic heterocycles. The number of hydrogen-bond donors (Lipinski definition) is 1. The third-order valence-corrected chi connectivity index (χ3v) is 9.20. The van der Waals surface area contributed by atoms with E-state index in [4.69, 9.17) is 0 Å². The molecule has 3 heterocycles. The van der Waals surface area contributed by atoms with Crippen molar-refractivity contribution in [2.75, 3.05) is 26.7 Å². The summed E-state index contributed by atoms with van der Waals surface area (Å²) in [4.78, 5) is 6.59. The second kappa shape index (κ2) is 8.31. The van der Waals surface area contributed by atoms with Gasteiger partial charge in [0, 0.05) is 50.4 Å². The molecule has 168 valence electrons. The van der Waals surface area contributed by atoms with Crippen LogP contribution in [0.3, 0.4) is 0 Å². The summed E-state index contributed by atoms with van der Waals surface area (Å²) in [6.45, 7) is 2.15. The molecule has 0 spiro atoms. The Bertz CT molecular complexity index is 1040. The van der Waals surface area contributed by atoms with Gasteiger partial charge in [-0.1, -0.05) is 30.7 Å². The van der Waals surface area contributed by atoms with Crippen LogP contribution in [0.1, 0.15) is 42.9 Å². The summed E-state index contributed by atoms with van der Waals surface area (Å²) in [7, 11) is 0.408. The lowest BCUT2D eigenvalue weighted by Crippen LogP contribution is -2.49. The van der Waals surface area contributed by atoms with Gasteiger partial charge in [0.1, 0.15) is 0 Å². The Kier molecular flexibility index (Phi) is 5.66. The van der Waals surface area contributed by atoms with Gasteiger partial charge in [-0.3, -0.25) is 0 Å². The molecule has 0 amide bonds. The number of sulfonamides is 1. The van der Waals surface area contributed by atoms with Crippen molar-refractivity contribution in [1.82, 2.24) is 24.1 Å². The summed E-state index contributed by atoms with van der Waals surface area (Å²) in [6, 6.07) is 9.51. The van der Waals surface area contributed by atoms with Crippen LogP contribution in [0.5, 0.6) is 0 Å². The highest BCUT2D eigenvalue weighted by Crippen LogP contribution is 2.36. The Morgan fingerprint density at radius 3 is 2.71 bits per heavy atom. The average Bonchev–Trinajstić information content (AvgIpc) is 3.48. The number of fused-ring (bicyclic) bond motifs is 1. The summed E-state index contributed by atoms with van der Waals surface area (Å²) in [6.07, 6.45) is 8.91. The minimum atomic E-state index is -3.59. The van der Waals surface area contributed by atoms with Crippen LogP contribution < -0.4 is 5.32 Å². The highest BCUT2D eigenvalue weighted by Gasteiger charge is 2.45. The molecular formula is C23H33N5O2S. The molecule has 2 fully saturated rings. The van der Waals surface area contributed by atoms with Gasteiger partial charge < -0.3 is 14.8 Å². The molecule has 0 radical (unpaired) electrons. The van der Waals surface area contributed by atoms with Crippen LogP contribution >= 0.6 is 0 Å². The molecule has 2 saturated heterocycles. The first-order valence-corrected chi connectivity index (χ1v) is 12.9. The van der Waals surface area contributed by atoms with Gasteiger partial charge in [-0.25, -0.2) is 13.4 Å². The number of likely N-dealkylation sites (tertiary alicyclic amines) is 1. The maximum Gasteiger partial charge on any atom is 0.262 e. The quantitative estimate of drug-likeness (QED) is 0.767. The highest BCUT2D eigenvalue weighted by atomic mass is 32.2. The van der Waals surface area contributed by atoms with E-state index >= 15 is 0 Å². The summed E-state index contributed by atoms with van der Waals surface area (Å²) >= 11 is 0. The standard InChI is InChI=1S/C23H33N5O2S/c1-26-15-23(24-16-26)31(29,30)28-13-19(22-9-5-6-12-27(22)2)21(14-28)25-20-11-10-17-7-3-4-8-18(17)20/h3-4,7-8,15-16,19-22,25H,5-6,9-14H2,1-2H3/t19-,20?,21-,22?/m0/s1. The minimum Gasteiger partial charge on any atom is -0.339 e. The SMILES string of the molecule is CN1CCCCC1[C@H]1CN(S(=O)(=O)c2cn(C)cn2)C[C@@H]1NC1CCc2ccccc21. The Labute approximate surface area is 185 Å². The topological polar surface area (TPSA) is 70.5 Å². The monoisotopic (exact) mass is 443 g/mol. The van der Waals surface area contributed by atoms with Crippen LogP contribution in [0.25, 0.3) is 0 Å². The Hall–Kier alpha value is -1.74. The summed E-state index contributed by atoms with van der Waals surface area (Å²) < 4.78 is 30.1. The predicted molar refractivity (Wildman–Crippen MR) is 120 cm³/mol. The van der Waals surface area contributed by atoms with Crippen molar-refractivity contribution in [3.63, 3.8) is 0 Å². The van der Waals surface area contributed by atoms with E-state index in [1.165, 1.54) is 24.0 Å². The molecule has 31 heavy (non-hydrogen) atoms. The van der Waals surface area contributed by atoms with Crippen molar-refractivity contribution < 1.29 is 8.42 Å². The van der Waals surface area contributed by atoms with Crippen LogP contribution in [0, 0.1) is 5.92 Å². The van der Waals surface area contributed by atoms with Crippen LogP contribution in [0.15, 0.2) is 41.8 Å². The third kappa shape index (κ3) is 3.95. The molecule has 0 bridgehead atoms. The molecule has 5 rings (SSSR count). The zero-order valence-corrected chi connectivity index (χ0v) is 19.3. The molecule has 2 aliphatic heterocycles. The number of aryl methyl sites for hydroxylation is 2. The first-order valence-electron chi connectivity index (χ1n) is 11.5. The molecule has 1 aliphatic carbocycles. The van der Waals surface area contributed by atoms with Gasteiger partial charge in [0.15, 0.2) is 5.03 Å². The van der Waals surface area contributed by atoms with Crippen molar-refractivity contribution in [1.29, 1.82) is 0 Å². The van der Waals surface area contributed by atoms with Gasteiger partial charge in [-0.2, -0.15) is 4.31 Å². The van der Waals surface area contributed by atoms with E-state index in [0.29, 0.717) is 25.2 Å². The first kappa shape index (κ1) is 21.1. The van der Waals surface area contributed by atoms with Gasteiger partial charge >= 0.3 is 0 Å². The highest BCUT2D eigenvalue weighted by molar-refractivity contribution is 7.89. The average molecular weight is 444 g/mol. The van der Waals surface area contributed by atoms with Gasteiger partial charge in [-0.15, -0.1) is 0 Å². The zero-order chi connectivity index (χ0) is 21.6. The van der Waals surface area contributed by atoms with Gasteiger partial charge in [-0.05, 0) is 50.4 Å². The fourth-order valence-corrected chi connectivity index (χ4v) is 7.31. The van der Waals surface area contributed by atoms with E-state index in [2.05, 4.69) is 46.5 Å². The van der Waals surface area contributed by atoms with Gasteiger partial charge in [0.2, 0.25) is 0 Å². The molecule has 1 aromatic carbocycles. The molecule has 8 heteroatoms. The molecule has 1 N–H and O–H groups in total. The fourth-order valence-electron chi connectivity index (χ4n) is 5.84. The van der Waals surface area contributed by atoms with Crippen molar-refractivity contribution in [3.8, 4) is 0 Å². The predicted octanol–water partition coefficient (Wildman–Crippen LogP) is 2.17. The number of nitrogens with zero attached hydrogens (tertiary/aromatic N) is 4. The number of hydrogen-bond acceptors (Lipinski definition) is 5. The largest absolute Gasteiger partial charge is 0.339 e. The third-order valence-electron chi connectivity index (χ3n) is 7.49. The van der Waals surface area contributed by atoms with Crippen molar-refractivity contribution in [3.05, 3.63) is 47.9 Å². The number of rotatable bonds is 5. The summed E-state index contributed by atoms with van der Waals surface area (Å²) in [5.74, 6) is 0.275. The maximum atomic E-state index is 13.3. The van der Waals surface area contributed by atoms with Gasteiger partial charge in [0.25, 0.3) is 10.0 Å². The molecule has 2 aromatic rings. The minimum absolute atomic E-state index is 0.139. The van der Waals surface area contributed by atoms with E-state index in [9.17, 15) is 8.42 Å². The molecule has 4 atom stereocenters. The maximum absolute atomic E-state index is 13.3. The van der Waals surface area contributed by atoms with E-state index in [0.717, 1.165) is 25.8 Å². The van der Waals surface area contributed by atoms with Crippen molar-refractivity contribution in [2.24, 2.45) is 13.0 Å². The molecule has 2 unspecified atom stereocenters. The van der Waals surface area contributed by atoms with E-state index < -0.39 is 10.0 Å². The smallest absolute Gasteiger partial charge is 0.262 e. The number of piperidine rings is 1. The lowest BCUT2D eigenvalue weighted by atomic mass is 9.87. The van der Waals surface area contributed by atoms with Crippen LogP contribution in [0.4, 0.5) is 0 Å². The summed E-state index contributed by atoms with van der Waals surface area (Å²) in [5, 5.41) is 4.05. The Balaban J connectivity index is 1.41. The number of aromatic nitrogens is 2. The number of benzene rings is 1. The van der Waals surface area contributed by atoms with Crippen LogP contribution in [-0.2, 0) is 23.5 Å². The lowest BCUT2D eigenvalue weighted by molar-refractivity contribution is 0.119. The lowest BCUT2D eigenvalue weighted by Gasteiger charge is -2.39. The van der Waals surface area contributed by atoms with E-state index in [1.54, 1.807) is 28.4 Å². The van der Waals surface area contributed by atoms with E-state index in [-0.39, 0.29) is 17.0 Å². The van der Waals surface area contributed by atoms with Gasteiger partial charge in [0.05, 0.1) is 6.33 Å². The Morgan fingerprint density at radius 1 is 1.10 bits per heavy atom. The van der Waals surface area contributed by atoms with Crippen molar-refractivity contribution >= 4 is 10.0 Å².